The minimum atomic E-state index is 0.456. The molecule has 1 fully saturated rings. The normalized spacial score (nSPS) is 22.9. The van der Waals surface area contributed by atoms with E-state index in [1.54, 1.807) is 14.2 Å². The molecule has 1 aromatic rings. The Labute approximate surface area is 124 Å². The van der Waals surface area contributed by atoms with Crippen LogP contribution in [0.5, 0.6) is 11.5 Å². The monoisotopic (exact) mass is 301 g/mol. The molecule has 0 aliphatic carbocycles. The van der Waals surface area contributed by atoms with Gasteiger partial charge >= 0.3 is 0 Å². The van der Waals surface area contributed by atoms with E-state index in [0.29, 0.717) is 22.1 Å². The largest absolute Gasteiger partial charge is 0.495 e. The van der Waals surface area contributed by atoms with Gasteiger partial charge in [-0.25, -0.2) is 0 Å². The van der Waals surface area contributed by atoms with Crippen LogP contribution in [0, 0.1) is 0 Å². The first-order valence-corrected chi connectivity index (χ1v) is 7.88. The first-order chi connectivity index (χ1) is 9.15. The lowest BCUT2D eigenvalue weighted by molar-refractivity contribution is 0.395. The standard InChI is InChI=1S/C14H20ClNO2S/c1-9-11(5-4-6-19-9)16-12-7-10(15)13(17-2)8-14(12)18-3/h7-9,11,16H,4-6H2,1-3H3. The Bertz CT molecular complexity index is 442. The van der Waals surface area contributed by atoms with E-state index in [-0.39, 0.29) is 0 Å². The smallest absolute Gasteiger partial charge is 0.145 e. The molecule has 0 amide bonds. The van der Waals surface area contributed by atoms with Crippen molar-refractivity contribution in [2.45, 2.75) is 31.1 Å². The van der Waals surface area contributed by atoms with Gasteiger partial charge in [0.05, 0.1) is 24.9 Å². The minimum absolute atomic E-state index is 0.456. The predicted octanol–water partition coefficient (Wildman–Crippen LogP) is 4.05. The van der Waals surface area contributed by atoms with Crippen LogP contribution < -0.4 is 14.8 Å². The second-order valence-electron chi connectivity index (χ2n) is 4.66. The number of ether oxygens (including phenoxy) is 2. The average molecular weight is 302 g/mol. The molecule has 1 heterocycles. The molecule has 3 nitrogen and oxygen atoms in total. The molecule has 2 unspecified atom stereocenters. The third-order valence-corrected chi connectivity index (χ3v) is 5.10. The maximum Gasteiger partial charge on any atom is 0.145 e. The molecular weight excluding hydrogens is 282 g/mol. The summed E-state index contributed by atoms with van der Waals surface area (Å²) in [5.41, 5.74) is 0.938. The number of halogens is 1. The zero-order valence-corrected chi connectivity index (χ0v) is 13.1. The highest BCUT2D eigenvalue weighted by Crippen LogP contribution is 2.37. The van der Waals surface area contributed by atoms with Gasteiger partial charge < -0.3 is 14.8 Å². The van der Waals surface area contributed by atoms with Crippen molar-refractivity contribution in [2.24, 2.45) is 0 Å². The summed E-state index contributed by atoms with van der Waals surface area (Å²) in [6.07, 6.45) is 2.43. The second kappa shape index (κ2) is 6.62. The third kappa shape index (κ3) is 3.42. The van der Waals surface area contributed by atoms with Gasteiger partial charge in [-0.3, -0.25) is 0 Å². The van der Waals surface area contributed by atoms with Crippen LogP contribution in [0.25, 0.3) is 0 Å². The maximum absolute atomic E-state index is 6.19. The predicted molar refractivity (Wildman–Crippen MR) is 83.1 cm³/mol. The maximum atomic E-state index is 6.19. The van der Waals surface area contributed by atoms with Crippen molar-refractivity contribution in [3.63, 3.8) is 0 Å². The van der Waals surface area contributed by atoms with Crippen LogP contribution in [0.3, 0.4) is 0 Å². The number of nitrogens with one attached hydrogen (secondary N) is 1. The molecule has 0 aromatic heterocycles. The molecule has 1 N–H and O–H groups in total. The molecule has 1 aliphatic heterocycles. The van der Waals surface area contributed by atoms with Crippen LogP contribution in [-0.2, 0) is 0 Å². The second-order valence-corrected chi connectivity index (χ2v) is 6.55. The van der Waals surface area contributed by atoms with Crippen molar-refractivity contribution in [1.29, 1.82) is 0 Å². The van der Waals surface area contributed by atoms with Crippen molar-refractivity contribution in [2.75, 3.05) is 25.3 Å². The first kappa shape index (κ1) is 14.7. The zero-order chi connectivity index (χ0) is 13.8. The zero-order valence-electron chi connectivity index (χ0n) is 11.5. The first-order valence-electron chi connectivity index (χ1n) is 6.45. The van der Waals surface area contributed by atoms with Crippen LogP contribution >= 0.6 is 23.4 Å². The molecule has 0 saturated carbocycles. The summed E-state index contributed by atoms with van der Waals surface area (Å²) in [6, 6.07) is 4.16. The van der Waals surface area contributed by atoms with E-state index in [1.807, 2.05) is 23.9 Å². The van der Waals surface area contributed by atoms with Crippen LogP contribution in [0.1, 0.15) is 19.8 Å². The Morgan fingerprint density at radius 1 is 1.26 bits per heavy atom. The SMILES string of the molecule is COc1cc(OC)c(NC2CCCSC2C)cc1Cl. The van der Waals surface area contributed by atoms with Crippen molar-refractivity contribution in [1.82, 2.24) is 0 Å². The van der Waals surface area contributed by atoms with Gasteiger partial charge in [0.1, 0.15) is 11.5 Å². The van der Waals surface area contributed by atoms with E-state index in [4.69, 9.17) is 21.1 Å². The van der Waals surface area contributed by atoms with Gasteiger partial charge in [-0.1, -0.05) is 18.5 Å². The molecule has 19 heavy (non-hydrogen) atoms. The van der Waals surface area contributed by atoms with Gasteiger partial charge in [-0.15, -0.1) is 0 Å². The van der Waals surface area contributed by atoms with Gasteiger partial charge in [0.25, 0.3) is 0 Å². The molecular formula is C14H20ClNO2S. The van der Waals surface area contributed by atoms with Crippen LogP contribution in [0.4, 0.5) is 5.69 Å². The van der Waals surface area contributed by atoms with E-state index < -0.39 is 0 Å². The van der Waals surface area contributed by atoms with E-state index >= 15 is 0 Å². The van der Waals surface area contributed by atoms with Gasteiger partial charge in [-0.2, -0.15) is 11.8 Å². The Balaban J connectivity index is 2.21. The van der Waals surface area contributed by atoms with Gasteiger partial charge in [0.15, 0.2) is 0 Å². The highest BCUT2D eigenvalue weighted by atomic mass is 35.5. The van der Waals surface area contributed by atoms with Crippen molar-refractivity contribution >= 4 is 29.1 Å². The van der Waals surface area contributed by atoms with Crippen LogP contribution in [0.15, 0.2) is 12.1 Å². The molecule has 0 bridgehead atoms. The van der Waals surface area contributed by atoms with E-state index in [1.165, 1.54) is 18.6 Å². The van der Waals surface area contributed by atoms with E-state index in [9.17, 15) is 0 Å². The number of benzene rings is 1. The molecule has 1 saturated heterocycles. The summed E-state index contributed by atoms with van der Waals surface area (Å²) >= 11 is 8.20. The lowest BCUT2D eigenvalue weighted by Crippen LogP contribution is -2.32. The fraction of sp³-hybridized carbons (Fsp3) is 0.571. The molecule has 0 radical (unpaired) electrons. The van der Waals surface area contributed by atoms with E-state index in [0.717, 1.165) is 11.4 Å². The fourth-order valence-corrected chi connectivity index (χ4v) is 3.67. The Morgan fingerprint density at radius 3 is 2.63 bits per heavy atom. The molecule has 0 spiro atoms. The lowest BCUT2D eigenvalue weighted by Gasteiger charge is -2.30. The molecule has 5 heteroatoms. The van der Waals surface area contributed by atoms with Gasteiger partial charge in [-0.05, 0) is 24.7 Å². The summed E-state index contributed by atoms with van der Waals surface area (Å²) in [6.45, 7) is 2.26. The van der Waals surface area contributed by atoms with Crippen molar-refractivity contribution in [3.8, 4) is 11.5 Å². The number of thioether (sulfide) groups is 1. The molecule has 106 valence electrons. The highest BCUT2D eigenvalue weighted by molar-refractivity contribution is 8.00. The molecule has 1 aromatic carbocycles. The summed E-state index contributed by atoms with van der Waals surface area (Å²) in [4.78, 5) is 0. The number of anilines is 1. The summed E-state index contributed by atoms with van der Waals surface area (Å²) in [5, 5.41) is 4.75. The van der Waals surface area contributed by atoms with Crippen molar-refractivity contribution < 1.29 is 9.47 Å². The minimum Gasteiger partial charge on any atom is -0.495 e. The summed E-state index contributed by atoms with van der Waals surface area (Å²) in [7, 11) is 3.26. The lowest BCUT2D eigenvalue weighted by atomic mass is 10.1. The van der Waals surface area contributed by atoms with Crippen LogP contribution in [-0.4, -0.2) is 31.3 Å². The number of hydrogen-bond acceptors (Lipinski definition) is 4. The van der Waals surface area contributed by atoms with Crippen LogP contribution in [0.2, 0.25) is 5.02 Å². The summed E-state index contributed by atoms with van der Waals surface area (Å²) < 4.78 is 10.6. The third-order valence-electron chi connectivity index (χ3n) is 3.42. The van der Waals surface area contributed by atoms with Gasteiger partial charge in [0, 0.05) is 17.4 Å². The van der Waals surface area contributed by atoms with Crippen molar-refractivity contribution in [3.05, 3.63) is 17.2 Å². The molecule has 2 atom stereocenters. The topological polar surface area (TPSA) is 30.5 Å². The highest BCUT2D eigenvalue weighted by Gasteiger charge is 2.23. The molecule has 2 rings (SSSR count). The molecule has 1 aliphatic rings. The van der Waals surface area contributed by atoms with Gasteiger partial charge in [0.2, 0.25) is 0 Å². The van der Waals surface area contributed by atoms with E-state index in [2.05, 4.69) is 12.2 Å². The summed E-state index contributed by atoms with van der Waals surface area (Å²) in [5.74, 6) is 2.65. The Morgan fingerprint density at radius 2 is 2.00 bits per heavy atom. The Kier molecular flexibility index (Phi) is 5.11. The quantitative estimate of drug-likeness (QED) is 0.909. The number of hydrogen-bond donors (Lipinski definition) is 1. The average Bonchev–Trinajstić information content (AvgIpc) is 2.42. The Hall–Kier alpha value is -0.740. The number of methoxy groups -OCH3 is 2. The fourth-order valence-electron chi connectivity index (χ4n) is 2.29. The number of rotatable bonds is 4.